The molecule has 7 nitrogen and oxygen atoms in total. The molecule has 4 rings (SSSR count). The molecule has 7 heteroatoms. The van der Waals surface area contributed by atoms with E-state index in [1.165, 1.54) is 0 Å². The van der Waals surface area contributed by atoms with Crippen LogP contribution in [0.25, 0.3) is 16.8 Å². The smallest absolute Gasteiger partial charge is 0.313 e. The lowest BCUT2D eigenvalue weighted by Crippen LogP contribution is -2.09. The van der Waals surface area contributed by atoms with Gasteiger partial charge in [0.25, 0.3) is 0 Å². The number of ether oxygens (including phenoxy) is 1. The van der Waals surface area contributed by atoms with E-state index in [1.807, 2.05) is 43.3 Å². The zero-order valence-electron chi connectivity index (χ0n) is 19.7. The van der Waals surface area contributed by atoms with Crippen LogP contribution in [0.15, 0.2) is 48.5 Å². The minimum atomic E-state index is -0.340. The third-order valence-corrected chi connectivity index (χ3v) is 5.66. The quantitative estimate of drug-likeness (QED) is 0.361. The second-order valence-corrected chi connectivity index (χ2v) is 8.11. The molecule has 0 aliphatic rings. The van der Waals surface area contributed by atoms with Crippen LogP contribution in [0, 0.1) is 18.3 Å². The van der Waals surface area contributed by atoms with Crippen molar-refractivity contribution >= 4 is 11.6 Å². The summed E-state index contributed by atoms with van der Waals surface area (Å²) in [7, 11) is 0. The molecule has 0 saturated carbocycles. The molecule has 0 atom stereocenters. The van der Waals surface area contributed by atoms with Crippen molar-refractivity contribution < 1.29 is 9.53 Å². The summed E-state index contributed by atoms with van der Waals surface area (Å²) in [6, 6.07) is 18.1. The summed E-state index contributed by atoms with van der Waals surface area (Å²) in [5, 5.41) is 13.9. The van der Waals surface area contributed by atoms with Crippen molar-refractivity contribution in [3.63, 3.8) is 0 Å². The summed E-state index contributed by atoms with van der Waals surface area (Å²) in [4.78, 5) is 21.5. The SMILES string of the molecule is CCCc1nc(C)n2nc(CC(=O)OCC)nc2c1Cc1ccc(-c2ccccc2C#N)cc1. The van der Waals surface area contributed by atoms with Crippen molar-refractivity contribution in [2.45, 2.75) is 46.5 Å². The Hall–Kier alpha value is -4.05. The lowest BCUT2D eigenvalue weighted by molar-refractivity contribution is -0.142. The van der Waals surface area contributed by atoms with Crippen LogP contribution in [-0.2, 0) is 28.8 Å². The fraction of sp³-hybridized carbons (Fsp3) is 0.296. The fourth-order valence-electron chi connectivity index (χ4n) is 4.09. The number of rotatable bonds is 8. The molecule has 4 aromatic rings. The maximum absolute atomic E-state index is 12.0. The first-order valence-electron chi connectivity index (χ1n) is 11.5. The maximum Gasteiger partial charge on any atom is 0.313 e. The summed E-state index contributed by atoms with van der Waals surface area (Å²) in [5.41, 5.74) is 6.43. The Morgan fingerprint density at radius 1 is 1.09 bits per heavy atom. The van der Waals surface area contributed by atoms with E-state index in [0.29, 0.717) is 24.4 Å². The Morgan fingerprint density at radius 3 is 2.56 bits per heavy atom. The summed E-state index contributed by atoms with van der Waals surface area (Å²) >= 11 is 0. The molecule has 2 heterocycles. The molecule has 0 bridgehead atoms. The molecular formula is C27H27N5O2. The predicted molar refractivity (Wildman–Crippen MR) is 129 cm³/mol. The molecule has 0 fully saturated rings. The monoisotopic (exact) mass is 453 g/mol. The van der Waals surface area contributed by atoms with Gasteiger partial charge in [0.15, 0.2) is 11.5 Å². The van der Waals surface area contributed by atoms with Gasteiger partial charge in [0.2, 0.25) is 0 Å². The predicted octanol–water partition coefficient (Wildman–Crippen LogP) is 4.62. The van der Waals surface area contributed by atoms with Gasteiger partial charge in [-0.05, 0) is 43.0 Å². The van der Waals surface area contributed by atoms with Crippen LogP contribution in [0.2, 0.25) is 0 Å². The van der Waals surface area contributed by atoms with Crippen molar-refractivity contribution in [2.75, 3.05) is 6.61 Å². The van der Waals surface area contributed by atoms with Gasteiger partial charge in [-0.2, -0.15) is 9.78 Å². The molecule has 0 aliphatic carbocycles. The number of fused-ring (bicyclic) bond motifs is 1. The van der Waals surface area contributed by atoms with Crippen LogP contribution in [0.3, 0.4) is 0 Å². The molecule has 0 unspecified atom stereocenters. The lowest BCUT2D eigenvalue weighted by atomic mass is 9.97. The molecule has 2 aromatic heterocycles. The van der Waals surface area contributed by atoms with Gasteiger partial charge in [-0.15, -0.1) is 5.10 Å². The highest BCUT2D eigenvalue weighted by atomic mass is 16.5. The maximum atomic E-state index is 12.0. The number of aromatic nitrogens is 4. The second-order valence-electron chi connectivity index (χ2n) is 8.11. The largest absolute Gasteiger partial charge is 0.466 e. The molecule has 34 heavy (non-hydrogen) atoms. The minimum Gasteiger partial charge on any atom is -0.466 e. The molecule has 0 amide bonds. The number of carbonyl (C=O) groups is 1. The van der Waals surface area contributed by atoms with Gasteiger partial charge in [-0.25, -0.2) is 9.97 Å². The summed E-state index contributed by atoms with van der Waals surface area (Å²) < 4.78 is 6.78. The topological polar surface area (TPSA) is 93.2 Å². The first kappa shape index (κ1) is 23.1. The van der Waals surface area contributed by atoms with Crippen molar-refractivity contribution in [1.29, 1.82) is 5.26 Å². The average Bonchev–Trinajstić information content (AvgIpc) is 3.26. The van der Waals surface area contributed by atoms with Gasteiger partial charge in [-0.1, -0.05) is 55.8 Å². The second kappa shape index (κ2) is 10.3. The van der Waals surface area contributed by atoms with Gasteiger partial charge < -0.3 is 4.74 Å². The number of nitrogens with zero attached hydrogens (tertiary/aromatic N) is 5. The van der Waals surface area contributed by atoms with E-state index < -0.39 is 0 Å². The summed E-state index contributed by atoms with van der Waals surface area (Å²) in [6.45, 7) is 6.14. The van der Waals surface area contributed by atoms with E-state index in [0.717, 1.165) is 52.3 Å². The Balaban J connectivity index is 1.70. The van der Waals surface area contributed by atoms with Gasteiger partial charge in [0.1, 0.15) is 12.2 Å². The number of esters is 1. The number of nitriles is 1. The molecule has 0 spiro atoms. The van der Waals surface area contributed by atoms with Crippen LogP contribution in [0.5, 0.6) is 0 Å². The number of hydrogen-bond acceptors (Lipinski definition) is 6. The highest BCUT2D eigenvalue weighted by Gasteiger charge is 2.18. The van der Waals surface area contributed by atoms with Gasteiger partial charge >= 0.3 is 5.97 Å². The molecular weight excluding hydrogens is 426 g/mol. The third-order valence-electron chi connectivity index (χ3n) is 5.66. The Kier molecular flexibility index (Phi) is 6.98. The van der Waals surface area contributed by atoms with Gasteiger partial charge in [0, 0.05) is 17.7 Å². The molecule has 0 saturated heterocycles. The Bertz CT molecular complexity index is 1370. The van der Waals surface area contributed by atoms with Gasteiger partial charge in [-0.3, -0.25) is 4.79 Å². The van der Waals surface area contributed by atoms with Crippen LogP contribution in [-0.4, -0.2) is 32.2 Å². The number of aryl methyl sites for hydroxylation is 2. The van der Waals surface area contributed by atoms with Crippen LogP contribution < -0.4 is 0 Å². The van der Waals surface area contributed by atoms with Gasteiger partial charge in [0.05, 0.1) is 18.2 Å². The zero-order chi connectivity index (χ0) is 24.1. The standard InChI is InChI=1S/C27H27N5O2/c1-4-8-24-23(27-30-25(16-26(33)34-5-2)31-32(27)18(3)29-24)15-19-11-13-20(14-12-19)22-10-7-6-9-21(22)17-28/h6-7,9-14H,4-5,8,15-16H2,1-3H3. The van der Waals surface area contributed by atoms with Crippen LogP contribution in [0.1, 0.15) is 54.3 Å². The van der Waals surface area contributed by atoms with E-state index in [2.05, 4.69) is 30.2 Å². The van der Waals surface area contributed by atoms with Crippen molar-refractivity contribution in [3.8, 4) is 17.2 Å². The normalized spacial score (nSPS) is 10.9. The highest BCUT2D eigenvalue weighted by molar-refractivity contribution is 5.72. The summed E-state index contributed by atoms with van der Waals surface area (Å²) in [6.07, 6.45) is 2.47. The first-order valence-corrected chi connectivity index (χ1v) is 11.5. The number of hydrogen-bond donors (Lipinski definition) is 0. The van der Waals surface area contributed by atoms with E-state index in [4.69, 9.17) is 14.7 Å². The zero-order valence-corrected chi connectivity index (χ0v) is 19.7. The van der Waals surface area contributed by atoms with E-state index in [9.17, 15) is 10.1 Å². The molecule has 172 valence electrons. The van der Waals surface area contributed by atoms with Crippen molar-refractivity contribution in [3.05, 3.63) is 82.6 Å². The fourth-order valence-corrected chi connectivity index (χ4v) is 4.09. The van der Waals surface area contributed by atoms with E-state index in [1.54, 1.807) is 11.4 Å². The Morgan fingerprint density at radius 2 is 1.85 bits per heavy atom. The van der Waals surface area contributed by atoms with E-state index in [-0.39, 0.29) is 12.4 Å². The minimum absolute atomic E-state index is 0.0323. The number of carbonyl (C=O) groups excluding carboxylic acids is 1. The van der Waals surface area contributed by atoms with Crippen LogP contribution >= 0.6 is 0 Å². The average molecular weight is 454 g/mol. The molecule has 2 aromatic carbocycles. The first-order chi connectivity index (χ1) is 16.5. The molecule has 0 N–H and O–H groups in total. The molecule has 0 radical (unpaired) electrons. The molecule has 0 aliphatic heterocycles. The lowest BCUT2D eigenvalue weighted by Gasteiger charge is -2.12. The number of benzene rings is 2. The van der Waals surface area contributed by atoms with Crippen LogP contribution in [0.4, 0.5) is 0 Å². The third kappa shape index (κ3) is 4.81. The summed E-state index contributed by atoms with van der Waals surface area (Å²) in [5.74, 6) is 0.836. The Labute approximate surface area is 199 Å². The van der Waals surface area contributed by atoms with E-state index >= 15 is 0 Å². The highest BCUT2D eigenvalue weighted by Crippen LogP contribution is 2.26. The van der Waals surface area contributed by atoms with Crippen molar-refractivity contribution in [1.82, 2.24) is 19.6 Å². The van der Waals surface area contributed by atoms with Crippen molar-refractivity contribution in [2.24, 2.45) is 0 Å².